The molecule has 0 aliphatic carbocycles. The zero-order valence-electron chi connectivity index (χ0n) is 16.5. The van der Waals surface area contributed by atoms with E-state index in [4.69, 9.17) is 11.6 Å². The first-order chi connectivity index (χ1) is 14.5. The monoisotopic (exact) mass is 424 g/mol. The van der Waals surface area contributed by atoms with Crippen molar-refractivity contribution in [3.63, 3.8) is 0 Å². The van der Waals surface area contributed by atoms with Gasteiger partial charge in [0.05, 0.1) is 0 Å². The summed E-state index contributed by atoms with van der Waals surface area (Å²) >= 11 is 5.53. The Bertz CT molecular complexity index is 1190. The van der Waals surface area contributed by atoms with Gasteiger partial charge in [0, 0.05) is 10.9 Å². The maximum atomic E-state index is 15.1. The second-order valence-electron chi connectivity index (χ2n) is 7.41. The van der Waals surface area contributed by atoms with Crippen LogP contribution in [0.5, 0.6) is 0 Å². The SMILES string of the molecule is CCc1ccc(CCc2ccc3c(F)c(-c4cc(F)c(Cl)c(F)c4)ccc3c2)cc1. The molecule has 0 saturated carbocycles. The third kappa shape index (κ3) is 4.08. The molecule has 0 heterocycles. The number of hydrogen-bond acceptors (Lipinski definition) is 0. The van der Waals surface area contributed by atoms with Crippen molar-refractivity contribution in [2.24, 2.45) is 0 Å². The highest BCUT2D eigenvalue weighted by Crippen LogP contribution is 2.32. The molecule has 4 aromatic rings. The Kier molecular flexibility index (Phi) is 5.83. The van der Waals surface area contributed by atoms with E-state index in [2.05, 4.69) is 31.2 Å². The molecule has 152 valence electrons. The number of aryl methyl sites for hydroxylation is 3. The number of fused-ring (bicyclic) bond motifs is 1. The van der Waals surface area contributed by atoms with Crippen LogP contribution >= 0.6 is 11.6 Å². The van der Waals surface area contributed by atoms with E-state index in [1.54, 1.807) is 18.2 Å². The topological polar surface area (TPSA) is 0 Å². The van der Waals surface area contributed by atoms with Crippen molar-refractivity contribution in [3.8, 4) is 11.1 Å². The van der Waals surface area contributed by atoms with Crippen LogP contribution in [0.25, 0.3) is 21.9 Å². The number of benzene rings is 4. The molecule has 0 unspecified atom stereocenters. The van der Waals surface area contributed by atoms with Crippen LogP contribution in [-0.2, 0) is 19.3 Å². The van der Waals surface area contributed by atoms with Gasteiger partial charge < -0.3 is 0 Å². The van der Waals surface area contributed by atoms with Gasteiger partial charge in [-0.15, -0.1) is 0 Å². The van der Waals surface area contributed by atoms with Gasteiger partial charge in [0.1, 0.15) is 22.5 Å². The maximum absolute atomic E-state index is 15.1. The minimum Gasteiger partial charge on any atom is -0.206 e. The third-order valence-electron chi connectivity index (χ3n) is 5.45. The van der Waals surface area contributed by atoms with E-state index in [0.29, 0.717) is 5.39 Å². The average Bonchev–Trinajstić information content (AvgIpc) is 2.76. The normalized spacial score (nSPS) is 11.2. The van der Waals surface area contributed by atoms with E-state index in [0.717, 1.165) is 42.3 Å². The van der Waals surface area contributed by atoms with Crippen molar-refractivity contribution in [1.82, 2.24) is 0 Å². The van der Waals surface area contributed by atoms with Crippen LogP contribution in [0.15, 0.2) is 66.7 Å². The van der Waals surface area contributed by atoms with Crippen molar-refractivity contribution in [2.45, 2.75) is 26.2 Å². The fourth-order valence-corrected chi connectivity index (χ4v) is 3.77. The van der Waals surface area contributed by atoms with E-state index < -0.39 is 22.5 Å². The molecule has 0 amide bonds. The largest absolute Gasteiger partial charge is 0.206 e. The zero-order chi connectivity index (χ0) is 21.3. The molecule has 0 atom stereocenters. The standard InChI is InChI=1S/C26H20ClF3/c1-2-16-3-5-17(6-4-16)7-8-18-9-11-21-19(13-18)10-12-22(26(21)30)20-14-23(28)25(27)24(29)15-20/h3-6,9-15H,2,7-8H2,1H3. The first-order valence-corrected chi connectivity index (χ1v) is 10.3. The summed E-state index contributed by atoms with van der Waals surface area (Å²) < 4.78 is 42.7. The molecule has 0 aliphatic heterocycles. The Labute approximate surface area is 178 Å². The Morgan fingerprint density at radius 3 is 1.97 bits per heavy atom. The second kappa shape index (κ2) is 8.53. The van der Waals surface area contributed by atoms with Crippen LogP contribution in [0.1, 0.15) is 23.6 Å². The summed E-state index contributed by atoms with van der Waals surface area (Å²) in [7, 11) is 0. The van der Waals surface area contributed by atoms with Gasteiger partial charge in [-0.25, -0.2) is 13.2 Å². The second-order valence-corrected chi connectivity index (χ2v) is 7.78. The van der Waals surface area contributed by atoms with Gasteiger partial charge >= 0.3 is 0 Å². The molecule has 4 heteroatoms. The summed E-state index contributed by atoms with van der Waals surface area (Å²) in [5.74, 6) is -2.32. The molecular formula is C26H20ClF3. The summed E-state index contributed by atoms with van der Waals surface area (Å²) in [4.78, 5) is 0. The maximum Gasteiger partial charge on any atom is 0.145 e. The van der Waals surface area contributed by atoms with Gasteiger partial charge in [-0.3, -0.25) is 0 Å². The molecule has 4 aromatic carbocycles. The molecule has 0 bridgehead atoms. The van der Waals surface area contributed by atoms with Gasteiger partial charge in [0.2, 0.25) is 0 Å². The first kappa shape index (κ1) is 20.5. The quantitative estimate of drug-likeness (QED) is 0.285. The third-order valence-corrected chi connectivity index (χ3v) is 5.81. The highest BCUT2D eigenvalue weighted by atomic mass is 35.5. The molecule has 0 aromatic heterocycles. The molecule has 0 nitrogen and oxygen atoms in total. The number of halogens is 4. The molecule has 30 heavy (non-hydrogen) atoms. The van der Waals surface area contributed by atoms with Gasteiger partial charge in [0.25, 0.3) is 0 Å². The van der Waals surface area contributed by atoms with Crippen molar-refractivity contribution in [3.05, 3.63) is 106 Å². The number of hydrogen-bond donors (Lipinski definition) is 0. The lowest BCUT2D eigenvalue weighted by molar-refractivity contribution is 0.584. The van der Waals surface area contributed by atoms with E-state index >= 15 is 4.39 Å². The summed E-state index contributed by atoms with van der Waals surface area (Å²) in [6.45, 7) is 2.13. The Morgan fingerprint density at radius 1 is 0.700 bits per heavy atom. The van der Waals surface area contributed by atoms with E-state index in [-0.39, 0.29) is 11.1 Å². The van der Waals surface area contributed by atoms with Crippen LogP contribution in [0.2, 0.25) is 5.02 Å². The molecule has 0 saturated heterocycles. The minimum absolute atomic E-state index is 0.119. The van der Waals surface area contributed by atoms with Crippen molar-refractivity contribution < 1.29 is 13.2 Å². The van der Waals surface area contributed by atoms with Gasteiger partial charge in [-0.2, -0.15) is 0 Å². The van der Waals surface area contributed by atoms with E-state index in [1.807, 2.05) is 12.1 Å². The van der Waals surface area contributed by atoms with E-state index in [1.165, 1.54) is 11.1 Å². The van der Waals surface area contributed by atoms with Crippen molar-refractivity contribution in [2.75, 3.05) is 0 Å². The summed E-state index contributed by atoms with van der Waals surface area (Å²) in [5.41, 5.74) is 3.95. The zero-order valence-corrected chi connectivity index (χ0v) is 17.2. The summed E-state index contributed by atoms with van der Waals surface area (Å²) in [6, 6.07) is 19.6. The van der Waals surface area contributed by atoms with Gasteiger partial charge in [0.15, 0.2) is 0 Å². The van der Waals surface area contributed by atoms with Gasteiger partial charge in [-0.1, -0.05) is 73.1 Å². The number of rotatable bonds is 5. The fraction of sp³-hybridized carbons (Fsp3) is 0.154. The average molecular weight is 425 g/mol. The Morgan fingerprint density at radius 2 is 1.30 bits per heavy atom. The van der Waals surface area contributed by atoms with Crippen LogP contribution in [-0.4, -0.2) is 0 Å². The Balaban J connectivity index is 1.60. The molecule has 0 aliphatic rings. The predicted octanol–water partition coefficient (Wildman–Crippen LogP) is 7.93. The first-order valence-electron chi connectivity index (χ1n) is 9.90. The molecule has 4 rings (SSSR count). The van der Waals surface area contributed by atoms with E-state index in [9.17, 15) is 8.78 Å². The fourth-order valence-electron chi connectivity index (χ4n) is 3.66. The minimum atomic E-state index is -0.909. The lowest BCUT2D eigenvalue weighted by Crippen LogP contribution is -1.94. The Hall–Kier alpha value is -2.78. The summed E-state index contributed by atoms with van der Waals surface area (Å²) in [6.07, 6.45) is 2.77. The smallest absolute Gasteiger partial charge is 0.145 e. The van der Waals surface area contributed by atoms with Crippen LogP contribution in [0.4, 0.5) is 13.2 Å². The van der Waals surface area contributed by atoms with Crippen molar-refractivity contribution in [1.29, 1.82) is 0 Å². The molecule has 0 radical (unpaired) electrons. The molecule has 0 fully saturated rings. The molecule has 0 spiro atoms. The lowest BCUT2D eigenvalue weighted by Gasteiger charge is -2.10. The van der Waals surface area contributed by atoms with Crippen LogP contribution < -0.4 is 0 Å². The summed E-state index contributed by atoms with van der Waals surface area (Å²) in [5, 5.41) is 0.582. The van der Waals surface area contributed by atoms with Crippen LogP contribution in [0, 0.1) is 17.5 Å². The highest BCUT2D eigenvalue weighted by Gasteiger charge is 2.15. The lowest BCUT2D eigenvalue weighted by atomic mass is 9.97. The highest BCUT2D eigenvalue weighted by molar-refractivity contribution is 6.31. The molecule has 0 N–H and O–H groups in total. The predicted molar refractivity (Wildman–Crippen MR) is 117 cm³/mol. The van der Waals surface area contributed by atoms with Crippen molar-refractivity contribution >= 4 is 22.4 Å². The van der Waals surface area contributed by atoms with Crippen LogP contribution in [0.3, 0.4) is 0 Å². The van der Waals surface area contributed by atoms with Gasteiger partial charge in [-0.05, 0) is 59.0 Å². The molecular weight excluding hydrogens is 405 g/mol.